The van der Waals surface area contributed by atoms with Gasteiger partial charge in [-0.25, -0.2) is 0 Å². The Morgan fingerprint density at radius 3 is 2.11 bits per heavy atom. The van der Waals surface area contributed by atoms with Gasteiger partial charge in [0.1, 0.15) is 6.10 Å². The van der Waals surface area contributed by atoms with Gasteiger partial charge in [0.15, 0.2) is 0 Å². The van der Waals surface area contributed by atoms with Crippen LogP contribution < -0.4 is 11.1 Å². The maximum absolute atomic E-state index is 9.80. The highest BCUT2D eigenvalue weighted by Crippen LogP contribution is 2.36. The minimum atomic E-state index is -1.33. The van der Waals surface area contributed by atoms with Crippen LogP contribution in [0.15, 0.2) is 0 Å². The highest BCUT2D eigenvalue weighted by Gasteiger charge is 2.44. The van der Waals surface area contributed by atoms with Gasteiger partial charge in [-0.15, -0.1) is 0 Å². The molecule has 18 heavy (non-hydrogen) atoms. The molecule has 8 N–H and O–H groups in total. The van der Waals surface area contributed by atoms with Gasteiger partial charge in [-0.1, -0.05) is 0 Å². The second-order valence-electron chi connectivity index (χ2n) is 4.06. The summed E-state index contributed by atoms with van der Waals surface area (Å²) in [7, 11) is 0. The molecule has 2 rings (SSSR count). The smallest absolute Gasteiger partial charge is 0.226 e. The third-order valence-corrected chi connectivity index (χ3v) is 2.93. The quantitative estimate of drug-likeness (QED) is 0.296. The van der Waals surface area contributed by atoms with Crippen molar-refractivity contribution < 1.29 is 25.5 Å². The molecule has 1 unspecified atom stereocenters. The highest BCUT2D eigenvalue weighted by atomic mass is 16.3. The lowest BCUT2D eigenvalue weighted by molar-refractivity contribution is 0.0189. The van der Waals surface area contributed by atoms with Crippen molar-refractivity contribution in [1.29, 1.82) is 0 Å². The number of nitrogens with two attached hydrogens (primary N) is 1. The van der Waals surface area contributed by atoms with Gasteiger partial charge in [0, 0.05) is 0 Å². The Bertz CT molecular complexity index is 434. The summed E-state index contributed by atoms with van der Waals surface area (Å²) in [6.45, 7) is -0.411. The molecule has 1 aliphatic heterocycles. The van der Waals surface area contributed by atoms with Gasteiger partial charge in [-0.3, -0.25) is 5.32 Å². The van der Waals surface area contributed by atoms with Gasteiger partial charge in [-0.05, 0) is 0 Å². The normalized spacial score (nSPS) is 31.7. The minimum Gasteiger partial charge on any atom is -0.493 e. The summed E-state index contributed by atoms with van der Waals surface area (Å²) >= 11 is 0. The van der Waals surface area contributed by atoms with E-state index in [-0.39, 0.29) is 11.5 Å². The number of nitrogens with zero attached hydrogens (tertiary/aromatic N) is 2. The van der Waals surface area contributed by atoms with Crippen molar-refractivity contribution in [1.82, 2.24) is 15.3 Å². The van der Waals surface area contributed by atoms with E-state index in [1.165, 1.54) is 0 Å². The number of aliphatic hydroxyl groups is 3. The first-order valence-corrected chi connectivity index (χ1v) is 5.24. The number of hydrogen-bond acceptors (Lipinski definition) is 9. The molecule has 0 aromatic carbocycles. The summed E-state index contributed by atoms with van der Waals surface area (Å²) in [5.41, 5.74) is 5.05. The zero-order chi connectivity index (χ0) is 13.4. The van der Waals surface area contributed by atoms with Crippen molar-refractivity contribution in [3.63, 3.8) is 0 Å². The molecule has 1 saturated heterocycles. The second-order valence-corrected chi connectivity index (χ2v) is 4.06. The minimum absolute atomic E-state index is 0.174. The first-order chi connectivity index (χ1) is 8.45. The van der Waals surface area contributed by atoms with E-state index in [0.29, 0.717) is 0 Å². The van der Waals surface area contributed by atoms with Crippen molar-refractivity contribution in [2.24, 2.45) is 0 Å². The Morgan fingerprint density at radius 1 is 1.11 bits per heavy atom. The zero-order valence-corrected chi connectivity index (χ0v) is 9.22. The van der Waals surface area contributed by atoms with E-state index in [4.69, 9.17) is 10.8 Å². The molecule has 0 spiro atoms. The first-order valence-electron chi connectivity index (χ1n) is 5.24. The van der Waals surface area contributed by atoms with Gasteiger partial charge < -0.3 is 31.3 Å². The van der Waals surface area contributed by atoms with Crippen LogP contribution in [0.4, 0.5) is 5.95 Å². The van der Waals surface area contributed by atoms with Crippen LogP contribution in [0.2, 0.25) is 0 Å². The van der Waals surface area contributed by atoms with Crippen LogP contribution in [0.25, 0.3) is 0 Å². The monoisotopic (exact) mass is 258 g/mol. The largest absolute Gasteiger partial charge is 0.493 e. The topological polar surface area (TPSA) is 165 Å². The summed E-state index contributed by atoms with van der Waals surface area (Å²) in [6, 6.07) is -1.78. The number of aromatic nitrogens is 2. The van der Waals surface area contributed by atoms with Crippen LogP contribution in [0.3, 0.4) is 0 Å². The molecule has 0 amide bonds. The van der Waals surface area contributed by atoms with E-state index in [9.17, 15) is 20.4 Å². The maximum Gasteiger partial charge on any atom is 0.226 e. The van der Waals surface area contributed by atoms with E-state index in [1.54, 1.807) is 0 Å². The van der Waals surface area contributed by atoms with Crippen LogP contribution in [0, 0.1) is 0 Å². The summed E-state index contributed by atoms with van der Waals surface area (Å²) < 4.78 is 0. The van der Waals surface area contributed by atoms with Crippen molar-refractivity contribution in [2.45, 2.75) is 24.3 Å². The van der Waals surface area contributed by atoms with E-state index in [1.807, 2.05) is 0 Å². The molecule has 4 atom stereocenters. The van der Waals surface area contributed by atoms with E-state index < -0.39 is 42.7 Å². The van der Waals surface area contributed by atoms with Crippen LogP contribution in [-0.4, -0.2) is 60.4 Å². The molecular formula is C9H14N4O5. The SMILES string of the molecule is Nc1nc(O)c([C@@H]2NC(CO)[C@@H](O)[C@H]2O)c(O)n1. The average Bonchev–Trinajstić information content (AvgIpc) is 2.56. The van der Waals surface area contributed by atoms with Crippen LogP contribution in [0.1, 0.15) is 11.6 Å². The Morgan fingerprint density at radius 2 is 1.67 bits per heavy atom. The predicted molar refractivity (Wildman–Crippen MR) is 58.5 cm³/mol. The molecule has 0 radical (unpaired) electrons. The van der Waals surface area contributed by atoms with E-state index in [0.717, 1.165) is 0 Å². The molecule has 2 heterocycles. The van der Waals surface area contributed by atoms with Gasteiger partial charge in [0.2, 0.25) is 17.7 Å². The molecule has 1 aromatic rings. The molecule has 1 aliphatic rings. The molecular weight excluding hydrogens is 244 g/mol. The molecule has 9 nitrogen and oxygen atoms in total. The number of nitrogen functional groups attached to an aromatic ring is 1. The summed E-state index contributed by atoms with van der Waals surface area (Å²) in [5, 5.41) is 50.3. The number of aromatic hydroxyl groups is 2. The van der Waals surface area contributed by atoms with Crippen LogP contribution in [-0.2, 0) is 0 Å². The average molecular weight is 258 g/mol. The standard InChI is InChI=1S/C9H14N4O5/c10-9-12-7(17)3(8(18)13-9)4-6(16)5(15)2(1-14)11-4/h2,4-6,11,14-16H,1H2,(H4,10,12,13,17,18)/t2?,4-,5+,6-/m0/s1. The van der Waals surface area contributed by atoms with Gasteiger partial charge in [-0.2, -0.15) is 9.97 Å². The third kappa shape index (κ3) is 1.93. The van der Waals surface area contributed by atoms with Crippen molar-refractivity contribution in [3.8, 4) is 11.8 Å². The lowest BCUT2D eigenvalue weighted by atomic mass is 10.0. The fourth-order valence-electron chi connectivity index (χ4n) is 2.02. The number of nitrogens with one attached hydrogen (secondary N) is 1. The van der Waals surface area contributed by atoms with Crippen molar-refractivity contribution in [2.75, 3.05) is 12.3 Å². The lowest BCUT2D eigenvalue weighted by Crippen LogP contribution is -2.35. The van der Waals surface area contributed by atoms with Gasteiger partial charge in [0.05, 0.1) is 30.4 Å². The first kappa shape index (κ1) is 12.8. The molecule has 100 valence electrons. The predicted octanol–water partition coefficient (Wildman–Crippen LogP) is -2.80. The Kier molecular flexibility index (Phi) is 3.22. The van der Waals surface area contributed by atoms with E-state index >= 15 is 0 Å². The molecule has 9 heteroatoms. The summed E-state index contributed by atoms with van der Waals surface area (Å²) in [6.07, 6.45) is -2.57. The Labute approximate surface area is 102 Å². The van der Waals surface area contributed by atoms with E-state index in [2.05, 4.69) is 15.3 Å². The van der Waals surface area contributed by atoms with Crippen molar-refractivity contribution in [3.05, 3.63) is 5.56 Å². The molecule has 1 fully saturated rings. The Balaban J connectivity index is 2.38. The molecule has 0 aliphatic carbocycles. The van der Waals surface area contributed by atoms with Crippen LogP contribution in [0.5, 0.6) is 11.8 Å². The fourth-order valence-corrected chi connectivity index (χ4v) is 2.02. The van der Waals surface area contributed by atoms with Gasteiger partial charge in [0.25, 0.3) is 0 Å². The second kappa shape index (κ2) is 4.53. The lowest BCUT2D eigenvalue weighted by Gasteiger charge is -2.17. The molecule has 0 bridgehead atoms. The molecule has 1 aromatic heterocycles. The maximum atomic E-state index is 9.80. The summed E-state index contributed by atoms with van der Waals surface area (Å²) in [5.74, 6) is -1.51. The molecule has 0 saturated carbocycles. The Hall–Kier alpha value is -1.68. The summed E-state index contributed by atoms with van der Waals surface area (Å²) in [4.78, 5) is 6.91. The number of aliphatic hydroxyl groups excluding tert-OH is 3. The van der Waals surface area contributed by atoms with Crippen LogP contribution >= 0.6 is 0 Å². The van der Waals surface area contributed by atoms with Gasteiger partial charge >= 0.3 is 0 Å². The highest BCUT2D eigenvalue weighted by molar-refractivity contribution is 5.42. The third-order valence-electron chi connectivity index (χ3n) is 2.93. The number of hydrogen-bond donors (Lipinski definition) is 7. The zero-order valence-electron chi connectivity index (χ0n) is 9.22. The number of anilines is 1. The fraction of sp³-hybridized carbons (Fsp3) is 0.556. The van der Waals surface area contributed by atoms with Crippen molar-refractivity contribution >= 4 is 5.95 Å². The number of rotatable bonds is 2.